The zero-order valence-corrected chi connectivity index (χ0v) is 29.5. The van der Waals surface area contributed by atoms with Gasteiger partial charge in [0.05, 0.1) is 24.8 Å². The Hall–Kier alpha value is -6.64. The third-order valence-electron chi connectivity index (χ3n) is 11.5. The van der Waals surface area contributed by atoms with Gasteiger partial charge in [-0.1, -0.05) is 165 Å². The Morgan fingerprint density at radius 1 is 0.481 bits per heavy atom. The zero-order chi connectivity index (χ0) is 44.7. The number of furan rings is 1. The fourth-order valence-corrected chi connectivity index (χ4v) is 9.11. The van der Waals surface area contributed by atoms with Crippen LogP contribution in [0, 0.1) is 0 Å². The number of hydrogen-bond acceptors (Lipinski definition) is 2. The predicted molar refractivity (Wildman–Crippen MR) is 223 cm³/mol. The van der Waals surface area contributed by atoms with Crippen molar-refractivity contribution in [3.8, 4) is 22.3 Å². The van der Waals surface area contributed by atoms with Gasteiger partial charge in [0.1, 0.15) is 5.58 Å². The highest BCUT2D eigenvalue weighted by molar-refractivity contribution is 6.10. The van der Waals surface area contributed by atoms with Crippen LogP contribution in [-0.2, 0) is 10.8 Å². The minimum absolute atomic E-state index is 0.219. The van der Waals surface area contributed by atoms with E-state index in [1.54, 1.807) is 12.1 Å². The van der Waals surface area contributed by atoms with Crippen molar-refractivity contribution in [1.29, 1.82) is 0 Å². The molecule has 0 aliphatic heterocycles. The number of anilines is 3. The maximum atomic E-state index is 9.51. The van der Waals surface area contributed by atoms with E-state index in [4.69, 9.17) is 12.6 Å². The molecule has 2 aliphatic carbocycles. The van der Waals surface area contributed by atoms with Crippen molar-refractivity contribution in [3.63, 3.8) is 0 Å². The first-order valence-corrected chi connectivity index (χ1v) is 18.0. The lowest BCUT2D eigenvalue weighted by Crippen LogP contribution is -2.28. The first-order chi connectivity index (χ1) is 30.7. The normalized spacial score (nSPS) is 17.0. The van der Waals surface area contributed by atoms with Crippen LogP contribution in [0.2, 0.25) is 0 Å². The second-order valence-corrected chi connectivity index (χ2v) is 14.5. The summed E-state index contributed by atoms with van der Waals surface area (Å²) >= 11 is 0. The van der Waals surface area contributed by atoms with Gasteiger partial charge in [-0.2, -0.15) is 0 Å². The van der Waals surface area contributed by atoms with E-state index in [1.165, 1.54) is 5.56 Å². The standard InChI is InChI=1S/C52H37NO/c1-51(2)44-24-12-9-20-38(44)40-30-28-36(32-46(40)51)53(48-26-15-23-43-42-22-11-14-27-49(42)54-50(43)48)37-29-31-41-39-21-10-13-25-45(39)52(47(41)33-37,34-16-5-3-6-17-34)35-18-7-4-8-19-35/h3-33H,1-2H3/i3D,4D,5D,6D,7D,8D,16D,17D,18D,19D. The van der Waals surface area contributed by atoms with E-state index in [1.807, 2.05) is 78.9 Å². The molecule has 54 heavy (non-hydrogen) atoms. The summed E-state index contributed by atoms with van der Waals surface area (Å²) in [5.74, 6) is 0. The van der Waals surface area contributed by atoms with E-state index < -0.39 is 65.8 Å². The molecule has 0 fully saturated rings. The summed E-state index contributed by atoms with van der Waals surface area (Å²) in [5.41, 5.74) is 7.30. The molecule has 8 aromatic carbocycles. The van der Waals surface area contributed by atoms with Crippen LogP contribution in [0.1, 0.15) is 60.9 Å². The molecule has 11 rings (SSSR count). The summed E-state index contributed by atoms with van der Waals surface area (Å²) in [6, 6.07) is 35.8. The van der Waals surface area contributed by atoms with Crippen LogP contribution in [0.3, 0.4) is 0 Å². The van der Waals surface area contributed by atoms with Crippen molar-refractivity contribution < 1.29 is 18.1 Å². The number of hydrogen-bond donors (Lipinski definition) is 0. The minimum Gasteiger partial charge on any atom is -0.454 e. The third kappa shape index (κ3) is 4.17. The maximum Gasteiger partial charge on any atom is 0.159 e. The van der Waals surface area contributed by atoms with E-state index in [-0.39, 0.29) is 16.5 Å². The van der Waals surface area contributed by atoms with Crippen LogP contribution in [-0.4, -0.2) is 0 Å². The van der Waals surface area contributed by atoms with Gasteiger partial charge in [0.15, 0.2) is 5.58 Å². The summed E-state index contributed by atoms with van der Waals surface area (Å²) in [5, 5.41) is 1.84. The van der Waals surface area contributed by atoms with Gasteiger partial charge in [-0.05, 0) is 92.0 Å². The number of fused-ring (bicyclic) bond motifs is 9. The van der Waals surface area contributed by atoms with E-state index in [0.29, 0.717) is 44.8 Å². The Bertz CT molecular complexity index is 3390. The van der Waals surface area contributed by atoms with Gasteiger partial charge < -0.3 is 9.32 Å². The highest BCUT2D eigenvalue weighted by Crippen LogP contribution is 2.58. The van der Waals surface area contributed by atoms with Crippen molar-refractivity contribution in [2.24, 2.45) is 0 Å². The van der Waals surface area contributed by atoms with E-state index in [2.05, 4.69) is 55.1 Å². The quantitative estimate of drug-likeness (QED) is 0.178. The lowest BCUT2D eigenvalue weighted by molar-refractivity contribution is 0.660. The molecular weight excluding hydrogens is 655 g/mol. The molecule has 1 aromatic heterocycles. The van der Waals surface area contributed by atoms with Crippen molar-refractivity contribution in [2.45, 2.75) is 24.7 Å². The summed E-state index contributed by atoms with van der Waals surface area (Å²) in [6.07, 6.45) is 0. The molecule has 0 saturated carbocycles. The molecule has 2 aliphatic rings. The van der Waals surface area contributed by atoms with Gasteiger partial charge in [0.25, 0.3) is 0 Å². The first kappa shape index (κ1) is 22.4. The van der Waals surface area contributed by atoms with Crippen molar-refractivity contribution in [2.75, 3.05) is 4.90 Å². The minimum atomic E-state index is -2.00. The average Bonchev–Trinajstić information content (AvgIpc) is 3.91. The number of benzene rings is 8. The van der Waals surface area contributed by atoms with Crippen LogP contribution in [0.25, 0.3) is 44.2 Å². The molecule has 0 spiro atoms. The second-order valence-electron chi connectivity index (χ2n) is 14.5. The van der Waals surface area contributed by atoms with E-state index in [0.717, 1.165) is 33.2 Å². The molecule has 256 valence electrons. The van der Waals surface area contributed by atoms with Crippen molar-refractivity contribution >= 4 is 39.0 Å². The largest absolute Gasteiger partial charge is 0.454 e. The topological polar surface area (TPSA) is 16.4 Å². The Balaban J connectivity index is 1.28. The Labute approximate surface area is 329 Å². The molecule has 1 heterocycles. The monoisotopic (exact) mass is 701 g/mol. The van der Waals surface area contributed by atoms with Crippen LogP contribution < -0.4 is 4.90 Å². The Morgan fingerprint density at radius 2 is 1.02 bits per heavy atom. The van der Waals surface area contributed by atoms with Gasteiger partial charge in [0.2, 0.25) is 0 Å². The molecule has 9 aromatic rings. The molecule has 0 saturated heterocycles. The fourth-order valence-electron chi connectivity index (χ4n) is 9.11. The van der Waals surface area contributed by atoms with E-state index in [9.17, 15) is 5.48 Å². The van der Waals surface area contributed by atoms with Crippen molar-refractivity contribution in [3.05, 3.63) is 221 Å². The number of rotatable bonds is 5. The van der Waals surface area contributed by atoms with Crippen LogP contribution in [0.4, 0.5) is 17.1 Å². The Kier molecular flexibility index (Phi) is 4.75. The highest BCUT2D eigenvalue weighted by atomic mass is 16.3. The lowest BCUT2D eigenvalue weighted by Gasteiger charge is -2.35. The Morgan fingerprint density at radius 3 is 1.72 bits per heavy atom. The van der Waals surface area contributed by atoms with Crippen molar-refractivity contribution in [1.82, 2.24) is 0 Å². The molecule has 0 bridgehead atoms. The van der Waals surface area contributed by atoms with Crippen LogP contribution >= 0.6 is 0 Å². The molecule has 0 radical (unpaired) electrons. The third-order valence-corrected chi connectivity index (χ3v) is 11.5. The molecule has 0 unspecified atom stereocenters. The molecular formula is C52H37NO. The average molecular weight is 702 g/mol. The number of nitrogens with zero attached hydrogens (tertiary/aromatic N) is 1. The summed E-state index contributed by atoms with van der Waals surface area (Å²) in [4.78, 5) is 2.09. The second kappa shape index (κ2) is 11.4. The van der Waals surface area contributed by atoms with Gasteiger partial charge in [-0.15, -0.1) is 0 Å². The molecule has 2 nitrogen and oxygen atoms in total. The van der Waals surface area contributed by atoms with Gasteiger partial charge >= 0.3 is 0 Å². The zero-order valence-electron chi connectivity index (χ0n) is 39.5. The molecule has 2 heteroatoms. The summed E-state index contributed by atoms with van der Waals surface area (Å²) < 4.78 is 97.6. The summed E-state index contributed by atoms with van der Waals surface area (Å²) in [6.45, 7) is 4.43. The highest BCUT2D eigenvalue weighted by Gasteiger charge is 2.46. The van der Waals surface area contributed by atoms with Crippen LogP contribution in [0.5, 0.6) is 0 Å². The fraction of sp³-hybridized carbons (Fsp3) is 0.0769. The van der Waals surface area contributed by atoms with Gasteiger partial charge in [0, 0.05) is 27.6 Å². The molecule has 0 N–H and O–H groups in total. The number of para-hydroxylation sites is 2. The molecule has 0 amide bonds. The smallest absolute Gasteiger partial charge is 0.159 e. The first-order valence-electron chi connectivity index (χ1n) is 23.0. The van der Waals surface area contributed by atoms with E-state index >= 15 is 0 Å². The predicted octanol–water partition coefficient (Wildman–Crippen LogP) is 13.7. The summed E-state index contributed by atoms with van der Waals surface area (Å²) in [7, 11) is 0. The maximum absolute atomic E-state index is 9.51. The molecule has 0 atom stereocenters. The van der Waals surface area contributed by atoms with Gasteiger partial charge in [-0.25, -0.2) is 0 Å². The van der Waals surface area contributed by atoms with Crippen LogP contribution in [0.15, 0.2) is 192 Å². The lowest BCUT2D eigenvalue weighted by atomic mass is 9.67. The SMILES string of the molecule is [2H]c1c([2H])c([2H])c(C2(c3c([2H])c([2H])c([2H])c([2H])c3[2H])c3ccccc3-c3ccc(N(c4ccc5c(c4)C(C)(C)c4ccccc4-5)c4cccc5c4oc4ccccc45)cc32)c([2H])c1[2H]. The van der Waals surface area contributed by atoms with Gasteiger partial charge in [-0.3, -0.25) is 0 Å².